The van der Waals surface area contributed by atoms with Gasteiger partial charge in [-0.15, -0.1) is 0 Å². The minimum Gasteiger partial charge on any atom is -0.309 e. The van der Waals surface area contributed by atoms with Crippen LogP contribution in [0.3, 0.4) is 0 Å². The molecule has 0 N–H and O–H groups in total. The highest BCUT2D eigenvalue weighted by Crippen LogP contribution is 2.39. The van der Waals surface area contributed by atoms with E-state index in [1.807, 2.05) is 0 Å². The lowest BCUT2D eigenvalue weighted by molar-refractivity contribution is 1.18. The summed E-state index contributed by atoms with van der Waals surface area (Å²) < 4.78 is 4.86. The molecule has 324 valence electrons. The zero-order valence-corrected chi connectivity index (χ0v) is 39.0. The molecule has 0 aliphatic carbocycles. The van der Waals surface area contributed by atoms with Crippen LogP contribution in [0.15, 0.2) is 279 Å². The highest BCUT2D eigenvalue weighted by Gasteiger charge is 2.41. The van der Waals surface area contributed by atoms with Gasteiger partial charge in [-0.2, -0.15) is 0 Å². The van der Waals surface area contributed by atoms with Crippen LogP contribution < -0.4 is 20.7 Å². The largest absolute Gasteiger partial charge is 0.309 e. The predicted molar refractivity (Wildman–Crippen MR) is 295 cm³/mol. The number of benzene rings is 11. The molecule has 0 saturated carbocycles. The maximum absolute atomic E-state index is 2.78. The van der Waals surface area contributed by atoms with Crippen molar-refractivity contribution in [3.63, 3.8) is 0 Å². The van der Waals surface area contributed by atoms with Gasteiger partial charge < -0.3 is 9.13 Å². The van der Waals surface area contributed by atoms with Gasteiger partial charge in [-0.3, -0.25) is 0 Å². The van der Waals surface area contributed by atoms with E-state index in [0.29, 0.717) is 0 Å². The van der Waals surface area contributed by atoms with Crippen molar-refractivity contribution in [2.24, 2.45) is 0 Å². The summed E-state index contributed by atoms with van der Waals surface area (Å²) in [6.45, 7) is 0. The summed E-state index contributed by atoms with van der Waals surface area (Å²) in [4.78, 5) is 0. The predicted octanol–water partition coefficient (Wildman–Crippen LogP) is 14.3. The molecular formula is C66H46N2Si. The van der Waals surface area contributed by atoms with Gasteiger partial charge in [0.2, 0.25) is 0 Å². The second kappa shape index (κ2) is 16.8. The van der Waals surface area contributed by atoms with Crippen molar-refractivity contribution in [2.75, 3.05) is 0 Å². The average molecular weight is 895 g/mol. The fourth-order valence-electron chi connectivity index (χ4n) is 11.1. The highest BCUT2D eigenvalue weighted by atomic mass is 28.3. The number of fused-ring (bicyclic) bond motifs is 6. The van der Waals surface area contributed by atoms with Crippen molar-refractivity contribution in [3.05, 3.63) is 279 Å². The van der Waals surface area contributed by atoms with Crippen molar-refractivity contribution in [2.45, 2.75) is 0 Å². The Hall–Kier alpha value is -8.76. The first-order valence-electron chi connectivity index (χ1n) is 23.8. The average Bonchev–Trinajstić information content (AvgIpc) is 3.94. The Morgan fingerprint density at radius 2 is 0.565 bits per heavy atom. The van der Waals surface area contributed by atoms with Crippen molar-refractivity contribution in [1.29, 1.82) is 0 Å². The van der Waals surface area contributed by atoms with Crippen LogP contribution in [0.2, 0.25) is 0 Å². The first kappa shape index (κ1) is 40.5. The third-order valence-corrected chi connectivity index (χ3v) is 19.0. The maximum atomic E-state index is 2.53. The van der Waals surface area contributed by atoms with Crippen molar-refractivity contribution >= 4 is 72.4 Å². The molecule has 0 saturated heterocycles. The standard InChI is InChI=1S/C66H46N2Si/c1-6-19-47(20-7-1)49-21-18-22-50(43-49)48-33-37-54(38-34-48)68-63-32-17-16-31-59(63)60-44-51(35-40-64(60)68)52-36-41-65-61(45-52)62-46-58(39-42-66(62)67(65)53-23-8-2-9-24-53)69(55-25-10-3-11-26-55,56-27-12-4-13-28-56)57-29-14-5-15-30-57/h1-46H. The molecule has 0 spiro atoms. The molecule has 13 rings (SSSR count). The molecule has 69 heavy (non-hydrogen) atoms. The van der Waals surface area contributed by atoms with E-state index in [-0.39, 0.29) is 0 Å². The van der Waals surface area contributed by atoms with E-state index in [1.165, 1.54) is 97.7 Å². The Bertz CT molecular complexity index is 3870. The summed E-state index contributed by atoms with van der Waals surface area (Å²) in [6, 6.07) is 103. The Balaban J connectivity index is 0.968. The van der Waals surface area contributed by atoms with Crippen LogP contribution in [0.5, 0.6) is 0 Å². The Morgan fingerprint density at radius 1 is 0.203 bits per heavy atom. The topological polar surface area (TPSA) is 9.86 Å². The molecule has 11 aromatic carbocycles. The number of para-hydroxylation sites is 2. The fraction of sp³-hybridized carbons (Fsp3) is 0. The monoisotopic (exact) mass is 894 g/mol. The first-order chi connectivity index (χ1) is 34.2. The van der Waals surface area contributed by atoms with Crippen LogP contribution in [-0.2, 0) is 0 Å². The molecular weight excluding hydrogens is 849 g/mol. The van der Waals surface area contributed by atoms with Crippen LogP contribution in [0.1, 0.15) is 0 Å². The molecule has 0 amide bonds. The highest BCUT2D eigenvalue weighted by molar-refractivity contribution is 7.20. The zero-order chi connectivity index (χ0) is 45.7. The van der Waals surface area contributed by atoms with Crippen LogP contribution >= 0.6 is 0 Å². The molecule has 0 atom stereocenters. The number of hydrogen-bond acceptors (Lipinski definition) is 0. The molecule has 2 heterocycles. The molecule has 2 nitrogen and oxygen atoms in total. The molecule has 0 fully saturated rings. The van der Waals surface area contributed by atoms with Gasteiger partial charge in [0.15, 0.2) is 8.07 Å². The molecule has 0 bridgehead atoms. The van der Waals surface area contributed by atoms with Crippen molar-refractivity contribution < 1.29 is 0 Å². The number of rotatable bonds is 9. The second-order valence-electron chi connectivity index (χ2n) is 18.1. The van der Waals surface area contributed by atoms with E-state index < -0.39 is 8.07 Å². The van der Waals surface area contributed by atoms with E-state index in [9.17, 15) is 0 Å². The van der Waals surface area contributed by atoms with Gasteiger partial charge >= 0.3 is 0 Å². The summed E-state index contributed by atoms with van der Waals surface area (Å²) in [6.07, 6.45) is 0. The summed E-state index contributed by atoms with van der Waals surface area (Å²) in [7, 11) is -2.78. The third-order valence-electron chi connectivity index (χ3n) is 14.3. The van der Waals surface area contributed by atoms with Gasteiger partial charge in [-0.1, -0.05) is 212 Å². The lowest BCUT2D eigenvalue weighted by Gasteiger charge is -2.34. The molecule has 2 aromatic heterocycles. The first-order valence-corrected chi connectivity index (χ1v) is 25.8. The summed E-state index contributed by atoms with van der Waals surface area (Å²) in [5.41, 5.74) is 14.3. The maximum Gasteiger partial charge on any atom is 0.179 e. The van der Waals surface area contributed by atoms with Gasteiger partial charge in [-0.05, 0) is 121 Å². The van der Waals surface area contributed by atoms with E-state index >= 15 is 0 Å². The summed E-state index contributed by atoms with van der Waals surface area (Å²) >= 11 is 0. The lowest BCUT2D eigenvalue weighted by Crippen LogP contribution is -2.74. The smallest absolute Gasteiger partial charge is 0.179 e. The molecule has 0 radical (unpaired) electrons. The Morgan fingerprint density at radius 3 is 1.12 bits per heavy atom. The second-order valence-corrected chi connectivity index (χ2v) is 21.9. The summed E-state index contributed by atoms with van der Waals surface area (Å²) in [5, 5.41) is 10.4. The zero-order valence-electron chi connectivity index (χ0n) is 38.0. The molecule has 0 aliphatic rings. The normalized spacial score (nSPS) is 11.8. The third kappa shape index (κ3) is 6.78. The van der Waals surface area contributed by atoms with Gasteiger partial charge in [-0.25, -0.2) is 0 Å². The quantitative estimate of drug-likeness (QED) is 0.101. The Kier molecular flexibility index (Phi) is 9.88. The van der Waals surface area contributed by atoms with E-state index in [0.717, 1.165) is 11.4 Å². The van der Waals surface area contributed by atoms with Gasteiger partial charge in [0.05, 0.1) is 22.1 Å². The Labute approximate surface area is 403 Å². The number of nitrogens with zero attached hydrogens (tertiary/aromatic N) is 2. The fourth-order valence-corrected chi connectivity index (χ4v) is 15.9. The minimum absolute atomic E-state index is 1.14. The van der Waals surface area contributed by atoms with E-state index in [4.69, 9.17) is 0 Å². The number of aromatic nitrogens is 2. The van der Waals surface area contributed by atoms with Crippen LogP contribution in [0.25, 0.3) is 88.4 Å². The van der Waals surface area contributed by atoms with Gasteiger partial charge in [0, 0.05) is 32.9 Å². The van der Waals surface area contributed by atoms with Gasteiger partial charge in [0.1, 0.15) is 0 Å². The van der Waals surface area contributed by atoms with Crippen LogP contribution in [0.4, 0.5) is 0 Å². The molecule has 0 unspecified atom stereocenters. The minimum atomic E-state index is -2.78. The van der Waals surface area contributed by atoms with E-state index in [1.54, 1.807) is 0 Å². The lowest BCUT2D eigenvalue weighted by atomic mass is 9.99. The van der Waals surface area contributed by atoms with Crippen LogP contribution in [-0.4, -0.2) is 17.2 Å². The summed E-state index contributed by atoms with van der Waals surface area (Å²) in [5.74, 6) is 0. The van der Waals surface area contributed by atoms with E-state index in [2.05, 4.69) is 288 Å². The number of hydrogen-bond donors (Lipinski definition) is 0. The van der Waals surface area contributed by atoms with Crippen LogP contribution in [0, 0.1) is 0 Å². The molecule has 3 heteroatoms. The SMILES string of the molecule is c1ccc(-c2cccc(-c3ccc(-n4c5ccccc5c5cc(-c6ccc7c(c6)c6cc([Si](c8ccccc8)(c8ccccc8)c8ccccc8)ccc6n7-c6ccccc6)ccc54)cc3)c2)cc1. The van der Waals surface area contributed by atoms with Crippen molar-refractivity contribution in [1.82, 2.24) is 9.13 Å². The molecule has 0 aliphatic heterocycles. The molecule has 13 aromatic rings. The van der Waals surface area contributed by atoms with Crippen molar-refractivity contribution in [3.8, 4) is 44.8 Å². The van der Waals surface area contributed by atoms with Gasteiger partial charge in [0.25, 0.3) is 0 Å².